The number of hydrogen-bond donors (Lipinski definition) is 0. The molecule has 0 fully saturated rings. The molecular formula is C18H17NO2. The fourth-order valence-corrected chi connectivity index (χ4v) is 2.52. The quantitative estimate of drug-likeness (QED) is 0.862. The van der Waals surface area contributed by atoms with Crippen molar-refractivity contribution in [1.29, 1.82) is 0 Å². The molecule has 1 heterocycles. The largest absolute Gasteiger partial charge is 0.352 e. The Morgan fingerprint density at radius 3 is 2.24 bits per heavy atom. The highest BCUT2D eigenvalue weighted by Crippen LogP contribution is 2.32. The third-order valence-corrected chi connectivity index (χ3v) is 3.74. The number of carbonyl (C=O) groups excluding carboxylic acids is 1. The van der Waals surface area contributed by atoms with Gasteiger partial charge < -0.3 is 4.74 Å². The average molecular weight is 279 g/mol. The number of nitrogens with zero attached hydrogens (tertiary/aromatic N) is 1. The van der Waals surface area contributed by atoms with E-state index in [1.165, 1.54) is 0 Å². The number of carbonyl (C=O) groups is 1. The number of benzene rings is 2. The maximum atomic E-state index is 12.6. The minimum absolute atomic E-state index is 0.00960. The monoisotopic (exact) mass is 279 g/mol. The van der Waals surface area contributed by atoms with Gasteiger partial charge in [-0.25, -0.2) is 0 Å². The van der Waals surface area contributed by atoms with Crippen molar-refractivity contribution in [2.24, 2.45) is 4.99 Å². The second-order valence-electron chi connectivity index (χ2n) is 5.19. The molecule has 0 amide bonds. The van der Waals surface area contributed by atoms with Crippen LogP contribution in [0, 0.1) is 0 Å². The molecule has 1 aliphatic heterocycles. The predicted octanol–water partition coefficient (Wildman–Crippen LogP) is 3.14. The van der Waals surface area contributed by atoms with E-state index < -0.39 is 5.60 Å². The predicted molar refractivity (Wildman–Crippen MR) is 82.3 cm³/mol. The second-order valence-corrected chi connectivity index (χ2v) is 5.19. The molecule has 21 heavy (non-hydrogen) atoms. The zero-order valence-corrected chi connectivity index (χ0v) is 11.9. The van der Waals surface area contributed by atoms with Crippen LogP contribution >= 0.6 is 0 Å². The van der Waals surface area contributed by atoms with Gasteiger partial charge in [-0.2, -0.15) is 0 Å². The van der Waals surface area contributed by atoms with Crippen molar-refractivity contribution in [1.82, 2.24) is 0 Å². The molecule has 106 valence electrons. The Balaban J connectivity index is 1.91. The second kappa shape index (κ2) is 5.62. The minimum atomic E-state index is -1.06. The first-order chi connectivity index (χ1) is 10.2. The van der Waals surface area contributed by atoms with E-state index in [1.807, 2.05) is 60.7 Å². The SMILES string of the molecule is CC1N=CC(OCc2ccccc2)(c2ccccc2)C1=O. The lowest BCUT2D eigenvalue weighted by Crippen LogP contribution is -2.40. The van der Waals surface area contributed by atoms with E-state index in [1.54, 1.807) is 13.1 Å². The van der Waals surface area contributed by atoms with E-state index >= 15 is 0 Å². The molecule has 3 nitrogen and oxygen atoms in total. The zero-order chi connectivity index (χ0) is 14.7. The van der Waals surface area contributed by atoms with Gasteiger partial charge in [-0.15, -0.1) is 0 Å². The van der Waals surface area contributed by atoms with E-state index in [4.69, 9.17) is 4.74 Å². The van der Waals surface area contributed by atoms with Crippen LogP contribution in [0.5, 0.6) is 0 Å². The summed E-state index contributed by atoms with van der Waals surface area (Å²) in [6.45, 7) is 2.18. The first-order valence-electron chi connectivity index (χ1n) is 7.04. The van der Waals surface area contributed by atoms with Crippen molar-refractivity contribution < 1.29 is 9.53 Å². The lowest BCUT2D eigenvalue weighted by molar-refractivity contribution is -0.137. The summed E-state index contributed by atoms with van der Waals surface area (Å²) in [7, 11) is 0. The topological polar surface area (TPSA) is 38.7 Å². The molecule has 2 aromatic rings. The molecule has 2 aromatic carbocycles. The van der Waals surface area contributed by atoms with Gasteiger partial charge in [0.15, 0.2) is 11.4 Å². The van der Waals surface area contributed by atoms with E-state index in [9.17, 15) is 4.79 Å². The zero-order valence-electron chi connectivity index (χ0n) is 11.9. The summed E-state index contributed by atoms with van der Waals surface area (Å²) >= 11 is 0. The summed E-state index contributed by atoms with van der Waals surface area (Å²) in [4.78, 5) is 16.9. The Morgan fingerprint density at radius 1 is 1.05 bits per heavy atom. The van der Waals surface area contributed by atoms with E-state index in [2.05, 4.69) is 4.99 Å². The fourth-order valence-electron chi connectivity index (χ4n) is 2.52. The van der Waals surface area contributed by atoms with Crippen molar-refractivity contribution in [3.05, 3.63) is 71.8 Å². The van der Waals surface area contributed by atoms with Crippen molar-refractivity contribution in [3.63, 3.8) is 0 Å². The van der Waals surface area contributed by atoms with Crippen LogP contribution in [0.4, 0.5) is 0 Å². The Bertz CT molecular complexity index is 651. The molecule has 0 N–H and O–H groups in total. The smallest absolute Gasteiger partial charge is 0.198 e. The first kappa shape index (κ1) is 13.7. The Morgan fingerprint density at radius 2 is 1.67 bits per heavy atom. The molecule has 0 spiro atoms. The third-order valence-electron chi connectivity index (χ3n) is 3.74. The number of aliphatic imine (C=N–C) groups is 1. The van der Waals surface area contributed by atoms with Crippen LogP contribution < -0.4 is 0 Å². The van der Waals surface area contributed by atoms with Crippen LogP contribution in [-0.4, -0.2) is 18.0 Å². The number of ether oxygens (including phenoxy) is 1. The number of rotatable bonds is 4. The minimum Gasteiger partial charge on any atom is -0.352 e. The Kier molecular flexibility index (Phi) is 3.67. The highest BCUT2D eigenvalue weighted by atomic mass is 16.5. The summed E-state index contributed by atoms with van der Waals surface area (Å²) in [5.74, 6) is -0.00960. The summed E-state index contributed by atoms with van der Waals surface area (Å²) in [5, 5.41) is 0. The van der Waals surface area contributed by atoms with Crippen molar-refractivity contribution in [3.8, 4) is 0 Å². The van der Waals surface area contributed by atoms with Gasteiger partial charge in [-0.1, -0.05) is 60.7 Å². The van der Waals surface area contributed by atoms with Crippen molar-refractivity contribution in [2.75, 3.05) is 0 Å². The van der Waals surface area contributed by atoms with Gasteiger partial charge in [0.2, 0.25) is 0 Å². The van der Waals surface area contributed by atoms with Gasteiger partial charge in [0.25, 0.3) is 0 Å². The van der Waals surface area contributed by atoms with Crippen LogP contribution in [0.15, 0.2) is 65.7 Å². The normalized spacial score (nSPS) is 24.4. The van der Waals surface area contributed by atoms with Crippen LogP contribution in [0.1, 0.15) is 18.1 Å². The molecule has 0 bridgehead atoms. The Hall–Kier alpha value is -2.26. The van der Waals surface area contributed by atoms with E-state index in [-0.39, 0.29) is 11.8 Å². The molecule has 0 radical (unpaired) electrons. The maximum absolute atomic E-state index is 12.6. The lowest BCUT2D eigenvalue weighted by Gasteiger charge is -2.26. The highest BCUT2D eigenvalue weighted by molar-refractivity contribution is 6.10. The molecule has 3 rings (SSSR count). The molecule has 1 aliphatic rings. The summed E-state index contributed by atoms with van der Waals surface area (Å²) in [6.07, 6.45) is 1.65. The standard InChI is InChI=1S/C18H17NO2/c1-14-17(20)18(13-19-14,16-10-6-3-7-11-16)21-12-15-8-4-2-5-9-15/h2-11,13-14H,12H2,1H3. The first-order valence-corrected chi connectivity index (χ1v) is 7.04. The molecule has 2 atom stereocenters. The maximum Gasteiger partial charge on any atom is 0.198 e. The molecule has 3 heteroatoms. The van der Waals surface area contributed by atoms with Gasteiger partial charge in [-0.05, 0) is 18.1 Å². The molecule has 2 unspecified atom stereocenters. The number of Topliss-reactive ketones (excluding diaryl/α,β-unsaturated/α-hetero) is 1. The third kappa shape index (κ3) is 2.52. The average Bonchev–Trinajstić information content (AvgIpc) is 2.84. The van der Waals surface area contributed by atoms with Gasteiger partial charge >= 0.3 is 0 Å². The van der Waals surface area contributed by atoms with Gasteiger partial charge in [-0.3, -0.25) is 9.79 Å². The number of hydrogen-bond acceptors (Lipinski definition) is 3. The number of ketones is 1. The molecule has 0 saturated heterocycles. The van der Waals surface area contributed by atoms with Crippen LogP contribution in [0.3, 0.4) is 0 Å². The molecule has 0 saturated carbocycles. The van der Waals surface area contributed by atoms with Gasteiger partial charge in [0, 0.05) is 6.21 Å². The highest BCUT2D eigenvalue weighted by Gasteiger charge is 2.46. The fraction of sp³-hybridized carbons (Fsp3) is 0.222. The summed E-state index contributed by atoms with van der Waals surface area (Å²) < 4.78 is 6.05. The lowest BCUT2D eigenvalue weighted by atomic mass is 9.89. The molecule has 0 aliphatic carbocycles. The van der Waals surface area contributed by atoms with Crippen molar-refractivity contribution in [2.45, 2.75) is 25.2 Å². The molecular weight excluding hydrogens is 262 g/mol. The van der Waals surface area contributed by atoms with Crippen LogP contribution in [0.25, 0.3) is 0 Å². The summed E-state index contributed by atoms with van der Waals surface area (Å²) in [6, 6.07) is 19.1. The van der Waals surface area contributed by atoms with Crippen LogP contribution in [-0.2, 0) is 21.7 Å². The Labute approximate surface area is 124 Å². The van der Waals surface area contributed by atoms with Gasteiger partial charge in [0.05, 0.1) is 6.61 Å². The summed E-state index contributed by atoms with van der Waals surface area (Å²) in [5.41, 5.74) is 0.809. The van der Waals surface area contributed by atoms with E-state index in [0.717, 1.165) is 11.1 Å². The van der Waals surface area contributed by atoms with E-state index in [0.29, 0.717) is 6.61 Å². The van der Waals surface area contributed by atoms with Crippen molar-refractivity contribution >= 4 is 12.0 Å². The van der Waals surface area contributed by atoms with Crippen LogP contribution in [0.2, 0.25) is 0 Å². The van der Waals surface area contributed by atoms with Gasteiger partial charge in [0.1, 0.15) is 6.04 Å². The molecule has 0 aromatic heterocycles.